The zero-order chi connectivity index (χ0) is 18.6. The lowest BCUT2D eigenvalue weighted by Crippen LogP contribution is -2.31. The first kappa shape index (κ1) is 19.2. The van der Waals surface area contributed by atoms with Gasteiger partial charge < -0.3 is 15.4 Å². The van der Waals surface area contributed by atoms with Crippen LogP contribution in [0.2, 0.25) is 5.02 Å². The van der Waals surface area contributed by atoms with Crippen LogP contribution in [-0.4, -0.2) is 18.2 Å². The van der Waals surface area contributed by atoms with Crippen LogP contribution in [0, 0.1) is 13.8 Å². The smallest absolute Gasteiger partial charge is 0.339 e. The predicted molar refractivity (Wildman–Crippen MR) is 106 cm³/mol. The van der Waals surface area contributed by atoms with Gasteiger partial charge in [-0.15, -0.1) is 0 Å². The third-order valence-electron chi connectivity index (χ3n) is 3.88. The summed E-state index contributed by atoms with van der Waals surface area (Å²) in [6.45, 7) is 6.19. The largest absolute Gasteiger partial charge is 0.465 e. The first-order chi connectivity index (χ1) is 11.8. The molecule has 2 aromatic carbocycles. The molecule has 1 atom stereocenters. The minimum atomic E-state index is -0.490. The summed E-state index contributed by atoms with van der Waals surface area (Å²) in [6.07, 6.45) is 0. The highest BCUT2D eigenvalue weighted by atomic mass is 35.5. The Kier molecular flexibility index (Phi) is 6.39. The number of halogens is 1. The van der Waals surface area contributed by atoms with Gasteiger partial charge >= 0.3 is 5.97 Å². The number of ether oxygens (including phenoxy) is 1. The monoisotopic (exact) mass is 376 g/mol. The number of aryl methyl sites for hydroxylation is 2. The molecule has 0 aromatic heterocycles. The maximum Gasteiger partial charge on any atom is 0.339 e. The molecule has 0 heterocycles. The van der Waals surface area contributed by atoms with Crippen LogP contribution in [0.4, 0.5) is 5.69 Å². The Hall–Kier alpha value is -2.11. The maximum absolute atomic E-state index is 11.7. The van der Waals surface area contributed by atoms with Gasteiger partial charge in [0, 0.05) is 5.69 Å². The highest BCUT2D eigenvalue weighted by molar-refractivity contribution is 7.80. The fourth-order valence-corrected chi connectivity index (χ4v) is 3.03. The fraction of sp³-hybridized carbons (Fsp3) is 0.263. The van der Waals surface area contributed by atoms with E-state index in [1.54, 1.807) is 18.2 Å². The second-order valence-corrected chi connectivity index (χ2v) is 6.68. The summed E-state index contributed by atoms with van der Waals surface area (Å²) in [4.78, 5) is 11.7. The van der Waals surface area contributed by atoms with Gasteiger partial charge in [-0.1, -0.05) is 35.4 Å². The first-order valence-electron chi connectivity index (χ1n) is 7.84. The van der Waals surface area contributed by atoms with Crippen molar-refractivity contribution in [1.82, 2.24) is 5.32 Å². The summed E-state index contributed by atoms with van der Waals surface area (Å²) in [5, 5.41) is 7.14. The van der Waals surface area contributed by atoms with Crippen molar-refractivity contribution in [2.24, 2.45) is 0 Å². The Morgan fingerprint density at radius 3 is 2.60 bits per heavy atom. The molecule has 2 aromatic rings. The number of hydrogen-bond donors (Lipinski definition) is 2. The van der Waals surface area contributed by atoms with Crippen molar-refractivity contribution in [3.05, 3.63) is 63.7 Å². The van der Waals surface area contributed by atoms with Gasteiger partial charge in [0.1, 0.15) is 0 Å². The Bertz CT molecular complexity index is 808. The van der Waals surface area contributed by atoms with Crippen molar-refractivity contribution >= 4 is 40.6 Å². The van der Waals surface area contributed by atoms with E-state index in [1.165, 1.54) is 23.8 Å². The van der Waals surface area contributed by atoms with Crippen LogP contribution < -0.4 is 10.6 Å². The molecule has 0 amide bonds. The molecule has 1 unspecified atom stereocenters. The number of methoxy groups -OCH3 is 1. The number of benzene rings is 2. The lowest BCUT2D eigenvalue weighted by molar-refractivity contribution is 0.0601. The van der Waals surface area contributed by atoms with Crippen LogP contribution in [0.5, 0.6) is 0 Å². The van der Waals surface area contributed by atoms with Gasteiger partial charge in [-0.05, 0) is 62.3 Å². The van der Waals surface area contributed by atoms with Crippen LogP contribution in [0.1, 0.15) is 40.0 Å². The van der Waals surface area contributed by atoms with Gasteiger partial charge in [0.25, 0.3) is 0 Å². The van der Waals surface area contributed by atoms with Crippen molar-refractivity contribution in [1.29, 1.82) is 0 Å². The van der Waals surface area contributed by atoms with Crippen molar-refractivity contribution in [3.8, 4) is 0 Å². The summed E-state index contributed by atoms with van der Waals surface area (Å²) in [5.74, 6) is -0.490. The second-order valence-electron chi connectivity index (χ2n) is 5.87. The van der Waals surface area contributed by atoms with E-state index in [4.69, 9.17) is 28.6 Å². The topological polar surface area (TPSA) is 50.4 Å². The minimum Gasteiger partial charge on any atom is -0.465 e. The molecule has 2 N–H and O–H groups in total. The molecule has 25 heavy (non-hydrogen) atoms. The molecule has 0 aliphatic carbocycles. The first-order valence-corrected chi connectivity index (χ1v) is 8.63. The standard InChI is InChI=1S/C19H21ClN2O2S/c1-11-5-6-12(2)15(9-11)13(3)21-19(25)22-14-7-8-17(20)16(10-14)18(23)24-4/h5-10,13H,1-4H3,(H2,21,22,25). The minimum absolute atomic E-state index is 0.0484. The number of esters is 1. The number of hydrogen-bond acceptors (Lipinski definition) is 3. The van der Waals surface area contributed by atoms with Gasteiger partial charge in [-0.3, -0.25) is 0 Å². The number of thiocarbonyl (C=S) groups is 1. The molecule has 6 heteroatoms. The Morgan fingerprint density at radius 2 is 1.92 bits per heavy atom. The molecular weight excluding hydrogens is 356 g/mol. The number of carbonyl (C=O) groups excluding carboxylic acids is 1. The maximum atomic E-state index is 11.7. The number of rotatable bonds is 4. The predicted octanol–water partition coefficient (Wildman–Crippen LogP) is 4.79. The average Bonchev–Trinajstić information content (AvgIpc) is 2.57. The molecule has 0 aliphatic heterocycles. The van der Waals surface area contributed by atoms with Gasteiger partial charge in [-0.2, -0.15) is 0 Å². The van der Waals surface area contributed by atoms with E-state index in [0.717, 1.165) is 0 Å². The molecule has 0 saturated carbocycles. The second kappa shape index (κ2) is 8.32. The Balaban J connectivity index is 2.10. The molecule has 0 fully saturated rings. The average molecular weight is 377 g/mol. The molecule has 0 radical (unpaired) electrons. The molecule has 0 spiro atoms. The summed E-state index contributed by atoms with van der Waals surface area (Å²) in [7, 11) is 1.32. The van der Waals surface area contributed by atoms with E-state index in [2.05, 4.69) is 49.6 Å². The number of anilines is 1. The van der Waals surface area contributed by atoms with Crippen molar-refractivity contribution in [3.63, 3.8) is 0 Å². The fourth-order valence-electron chi connectivity index (χ4n) is 2.54. The molecule has 2 rings (SSSR count). The summed E-state index contributed by atoms with van der Waals surface area (Å²) in [6, 6.07) is 11.4. The normalized spacial score (nSPS) is 11.6. The lowest BCUT2D eigenvalue weighted by Gasteiger charge is -2.20. The van der Waals surface area contributed by atoms with Crippen LogP contribution >= 0.6 is 23.8 Å². The van der Waals surface area contributed by atoms with Gasteiger partial charge in [0.15, 0.2) is 5.11 Å². The zero-order valence-electron chi connectivity index (χ0n) is 14.6. The molecule has 132 valence electrons. The van der Waals surface area contributed by atoms with E-state index in [1.807, 2.05) is 0 Å². The quantitative estimate of drug-likeness (QED) is 0.593. The van der Waals surface area contributed by atoms with E-state index in [9.17, 15) is 4.79 Å². The van der Waals surface area contributed by atoms with Crippen LogP contribution in [0.15, 0.2) is 36.4 Å². The molecule has 0 saturated heterocycles. The summed E-state index contributed by atoms with van der Waals surface area (Å²) < 4.78 is 4.72. The Labute approximate surface area is 158 Å². The van der Waals surface area contributed by atoms with Crippen molar-refractivity contribution < 1.29 is 9.53 Å². The van der Waals surface area contributed by atoms with Crippen LogP contribution in [0.25, 0.3) is 0 Å². The molecule has 4 nitrogen and oxygen atoms in total. The lowest BCUT2D eigenvalue weighted by atomic mass is 10.0. The van der Waals surface area contributed by atoms with E-state index < -0.39 is 5.97 Å². The van der Waals surface area contributed by atoms with Gasteiger partial charge in [-0.25, -0.2) is 4.79 Å². The van der Waals surface area contributed by atoms with Crippen LogP contribution in [-0.2, 0) is 4.74 Å². The van der Waals surface area contributed by atoms with E-state index in [0.29, 0.717) is 21.4 Å². The summed E-state index contributed by atoms with van der Waals surface area (Å²) in [5.41, 5.74) is 4.55. The number of carbonyl (C=O) groups is 1. The molecule has 0 aliphatic rings. The third-order valence-corrected chi connectivity index (χ3v) is 4.43. The number of nitrogens with one attached hydrogen (secondary N) is 2. The highest BCUT2D eigenvalue weighted by Gasteiger charge is 2.13. The Morgan fingerprint density at radius 1 is 1.20 bits per heavy atom. The highest BCUT2D eigenvalue weighted by Crippen LogP contribution is 2.22. The van der Waals surface area contributed by atoms with Crippen molar-refractivity contribution in [2.75, 3.05) is 12.4 Å². The van der Waals surface area contributed by atoms with E-state index in [-0.39, 0.29) is 6.04 Å². The summed E-state index contributed by atoms with van der Waals surface area (Å²) >= 11 is 11.4. The van der Waals surface area contributed by atoms with Crippen molar-refractivity contribution in [2.45, 2.75) is 26.8 Å². The van der Waals surface area contributed by atoms with Gasteiger partial charge in [0.2, 0.25) is 0 Å². The SMILES string of the molecule is COC(=O)c1cc(NC(=S)NC(C)c2cc(C)ccc2C)ccc1Cl. The molecular formula is C19H21ClN2O2S. The third kappa shape index (κ3) is 4.94. The molecule has 0 bridgehead atoms. The zero-order valence-corrected chi connectivity index (χ0v) is 16.2. The van der Waals surface area contributed by atoms with E-state index >= 15 is 0 Å². The van der Waals surface area contributed by atoms with Gasteiger partial charge in [0.05, 0.1) is 23.7 Å². The van der Waals surface area contributed by atoms with Crippen LogP contribution in [0.3, 0.4) is 0 Å².